The molecule has 1 N–H and O–H groups in total. The molecule has 4 aromatic rings. The van der Waals surface area contributed by atoms with Crippen molar-refractivity contribution in [3.63, 3.8) is 0 Å². The molecule has 0 bridgehead atoms. The Hall–Kier alpha value is -2.84. The van der Waals surface area contributed by atoms with Crippen molar-refractivity contribution < 1.29 is 13.7 Å². The third kappa shape index (κ3) is 5.01. The summed E-state index contributed by atoms with van der Waals surface area (Å²) in [6, 6.07) is 11.2. The predicted molar refractivity (Wildman–Crippen MR) is 116 cm³/mol. The number of hydrogen-bond acceptors (Lipinski definition) is 7. The van der Waals surface area contributed by atoms with Gasteiger partial charge in [-0.25, -0.2) is 4.98 Å². The second-order valence-corrected chi connectivity index (χ2v) is 8.21. The quantitative estimate of drug-likeness (QED) is 0.386. The van der Waals surface area contributed by atoms with E-state index in [0.717, 1.165) is 16.8 Å². The summed E-state index contributed by atoms with van der Waals surface area (Å²) in [7, 11) is 0. The van der Waals surface area contributed by atoms with Crippen LogP contribution in [0, 0.1) is 13.8 Å². The van der Waals surface area contributed by atoms with Crippen LogP contribution in [0.1, 0.15) is 29.3 Å². The van der Waals surface area contributed by atoms with E-state index >= 15 is 0 Å². The number of halogens is 1. The Morgan fingerprint density at radius 1 is 1.17 bits per heavy atom. The van der Waals surface area contributed by atoms with Crippen LogP contribution in [0.3, 0.4) is 0 Å². The van der Waals surface area contributed by atoms with Gasteiger partial charge in [0.1, 0.15) is 5.52 Å². The third-order valence-electron chi connectivity index (χ3n) is 4.40. The van der Waals surface area contributed by atoms with Gasteiger partial charge in [0.15, 0.2) is 11.4 Å². The molecule has 0 saturated heterocycles. The number of thioether (sulfide) groups is 1. The number of aryl methyl sites for hydroxylation is 3. The average Bonchev–Trinajstić information content (AvgIpc) is 3.33. The van der Waals surface area contributed by atoms with Crippen molar-refractivity contribution >= 4 is 46.1 Å². The van der Waals surface area contributed by atoms with Gasteiger partial charge in [-0.3, -0.25) is 4.79 Å². The van der Waals surface area contributed by atoms with Crippen LogP contribution in [0.4, 0.5) is 5.69 Å². The monoisotopic (exact) mass is 442 g/mol. The zero-order valence-corrected chi connectivity index (χ0v) is 18.0. The van der Waals surface area contributed by atoms with Crippen molar-refractivity contribution in [3.05, 3.63) is 64.3 Å². The van der Waals surface area contributed by atoms with Crippen molar-refractivity contribution in [2.45, 2.75) is 37.7 Å². The van der Waals surface area contributed by atoms with E-state index < -0.39 is 0 Å². The topological polar surface area (TPSA) is 94.1 Å². The second kappa shape index (κ2) is 8.89. The Morgan fingerprint density at radius 2 is 2.03 bits per heavy atom. The van der Waals surface area contributed by atoms with Gasteiger partial charge < -0.3 is 14.3 Å². The lowest BCUT2D eigenvalue weighted by atomic mass is 10.1. The summed E-state index contributed by atoms with van der Waals surface area (Å²) in [5.74, 6) is 1.29. The summed E-state index contributed by atoms with van der Waals surface area (Å²) in [6.07, 6.45) is 0.629. The van der Waals surface area contributed by atoms with Crippen molar-refractivity contribution in [1.29, 1.82) is 0 Å². The van der Waals surface area contributed by atoms with Crippen LogP contribution < -0.4 is 5.32 Å². The van der Waals surface area contributed by atoms with Crippen LogP contribution in [-0.2, 0) is 17.0 Å². The molecule has 7 nitrogen and oxygen atoms in total. The lowest BCUT2D eigenvalue weighted by molar-refractivity contribution is -0.116. The Labute approximate surface area is 182 Å². The fourth-order valence-electron chi connectivity index (χ4n) is 2.82. The molecule has 0 aliphatic carbocycles. The highest BCUT2D eigenvalue weighted by molar-refractivity contribution is 7.98. The number of carbonyl (C=O) groups is 1. The third-order valence-corrected chi connectivity index (χ3v) is 5.46. The molecule has 0 saturated carbocycles. The van der Waals surface area contributed by atoms with Crippen molar-refractivity contribution in [2.75, 3.05) is 5.32 Å². The molecule has 30 heavy (non-hydrogen) atoms. The number of amides is 1. The fraction of sp³-hybridized carbons (Fsp3) is 0.238. The molecule has 2 aromatic carbocycles. The molecule has 0 aliphatic rings. The number of rotatable bonds is 7. The van der Waals surface area contributed by atoms with Crippen molar-refractivity contribution in [3.8, 4) is 0 Å². The lowest BCUT2D eigenvalue weighted by Crippen LogP contribution is -2.13. The molecule has 2 aromatic heterocycles. The first-order chi connectivity index (χ1) is 14.5. The van der Waals surface area contributed by atoms with Gasteiger partial charge in [-0.1, -0.05) is 40.7 Å². The first-order valence-corrected chi connectivity index (χ1v) is 10.7. The van der Waals surface area contributed by atoms with Gasteiger partial charge in [0.05, 0.1) is 5.75 Å². The SMILES string of the molecule is Cc1ccc(C)c(NC(=O)CCc2nc(CSc3nc4cc(Cl)ccc4o3)no2)c1. The minimum absolute atomic E-state index is 0.0945. The van der Waals surface area contributed by atoms with Crippen LogP contribution in [0.5, 0.6) is 0 Å². The Balaban J connectivity index is 1.29. The minimum Gasteiger partial charge on any atom is -0.431 e. The number of nitrogens with zero attached hydrogens (tertiary/aromatic N) is 3. The molecule has 0 fully saturated rings. The molecule has 154 valence electrons. The zero-order valence-electron chi connectivity index (χ0n) is 16.4. The van der Waals surface area contributed by atoms with E-state index in [0.29, 0.717) is 45.2 Å². The summed E-state index contributed by atoms with van der Waals surface area (Å²) in [4.78, 5) is 21.0. The average molecular weight is 443 g/mol. The normalized spacial score (nSPS) is 11.2. The van der Waals surface area contributed by atoms with Gasteiger partial charge >= 0.3 is 0 Å². The maximum absolute atomic E-state index is 12.2. The molecule has 0 atom stereocenters. The molecule has 0 radical (unpaired) electrons. The van der Waals surface area contributed by atoms with E-state index in [-0.39, 0.29) is 12.3 Å². The van der Waals surface area contributed by atoms with Crippen LogP contribution in [-0.4, -0.2) is 21.0 Å². The zero-order chi connectivity index (χ0) is 21.1. The summed E-state index contributed by atoms with van der Waals surface area (Å²) < 4.78 is 10.9. The number of benzene rings is 2. The second-order valence-electron chi connectivity index (χ2n) is 6.85. The number of carbonyl (C=O) groups excluding carboxylic acids is 1. The summed E-state index contributed by atoms with van der Waals surface area (Å²) >= 11 is 7.33. The smallest absolute Gasteiger partial charge is 0.257 e. The van der Waals surface area contributed by atoms with Gasteiger partial charge in [-0.15, -0.1) is 0 Å². The van der Waals surface area contributed by atoms with Gasteiger partial charge in [0, 0.05) is 23.6 Å². The van der Waals surface area contributed by atoms with Crippen molar-refractivity contribution in [1.82, 2.24) is 15.1 Å². The standard InChI is InChI=1S/C21H19ClN4O3S/c1-12-3-4-13(2)15(9-12)23-19(27)7-8-20-25-18(26-29-20)11-30-21-24-16-10-14(22)5-6-17(16)28-21/h3-6,9-10H,7-8,11H2,1-2H3,(H,23,27). The highest BCUT2D eigenvalue weighted by Crippen LogP contribution is 2.27. The van der Waals surface area contributed by atoms with Gasteiger partial charge in [-0.2, -0.15) is 4.98 Å². The highest BCUT2D eigenvalue weighted by atomic mass is 35.5. The van der Waals surface area contributed by atoms with Gasteiger partial charge in [-0.05, 0) is 49.2 Å². The lowest BCUT2D eigenvalue weighted by Gasteiger charge is -2.08. The summed E-state index contributed by atoms with van der Waals surface area (Å²) in [6.45, 7) is 3.95. The molecule has 0 unspecified atom stereocenters. The number of oxazole rings is 1. The van der Waals surface area contributed by atoms with E-state index in [1.54, 1.807) is 18.2 Å². The molecule has 0 aliphatic heterocycles. The largest absolute Gasteiger partial charge is 0.431 e. The molecule has 2 heterocycles. The molecule has 0 spiro atoms. The number of nitrogens with one attached hydrogen (secondary N) is 1. The summed E-state index contributed by atoms with van der Waals surface area (Å²) in [5.41, 5.74) is 4.31. The van der Waals surface area contributed by atoms with Gasteiger partial charge in [0.25, 0.3) is 5.22 Å². The number of anilines is 1. The first kappa shape index (κ1) is 20.4. The van der Waals surface area contributed by atoms with E-state index in [2.05, 4.69) is 20.4 Å². The van der Waals surface area contributed by atoms with E-state index in [1.165, 1.54) is 11.8 Å². The van der Waals surface area contributed by atoms with Crippen LogP contribution in [0.15, 0.2) is 50.6 Å². The van der Waals surface area contributed by atoms with Crippen LogP contribution in [0.2, 0.25) is 5.02 Å². The maximum Gasteiger partial charge on any atom is 0.257 e. The highest BCUT2D eigenvalue weighted by Gasteiger charge is 2.13. The Kier molecular flexibility index (Phi) is 6.06. The van der Waals surface area contributed by atoms with E-state index in [4.69, 9.17) is 20.5 Å². The van der Waals surface area contributed by atoms with Crippen molar-refractivity contribution in [2.24, 2.45) is 0 Å². The molecular formula is C21H19ClN4O3S. The summed E-state index contributed by atoms with van der Waals surface area (Å²) in [5, 5.41) is 8.00. The maximum atomic E-state index is 12.2. The van der Waals surface area contributed by atoms with E-state index in [9.17, 15) is 4.79 Å². The minimum atomic E-state index is -0.0945. The predicted octanol–water partition coefficient (Wildman–Crippen LogP) is 5.34. The fourth-order valence-corrected chi connectivity index (χ4v) is 3.67. The number of fused-ring (bicyclic) bond motifs is 1. The number of aromatic nitrogens is 3. The number of hydrogen-bond donors (Lipinski definition) is 1. The molecule has 4 rings (SSSR count). The molecule has 9 heteroatoms. The van der Waals surface area contributed by atoms with E-state index in [1.807, 2.05) is 32.0 Å². The molecule has 1 amide bonds. The first-order valence-electron chi connectivity index (χ1n) is 9.34. The van der Waals surface area contributed by atoms with Gasteiger partial charge in [0.2, 0.25) is 11.8 Å². The Bertz CT molecular complexity index is 1200. The van der Waals surface area contributed by atoms with Crippen LogP contribution >= 0.6 is 23.4 Å². The Morgan fingerprint density at radius 3 is 2.90 bits per heavy atom. The molecular weight excluding hydrogens is 424 g/mol. The van der Waals surface area contributed by atoms with Crippen LogP contribution in [0.25, 0.3) is 11.1 Å².